The predicted molar refractivity (Wildman–Crippen MR) is 261 cm³/mol. The van der Waals surface area contributed by atoms with Crippen molar-refractivity contribution in [1.82, 2.24) is 10.2 Å². The van der Waals surface area contributed by atoms with E-state index in [1.54, 1.807) is 25.9 Å². The summed E-state index contributed by atoms with van der Waals surface area (Å²) in [6.07, 6.45) is 29.9. The van der Waals surface area contributed by atoms with Crippen LogP contribution in [0.15, 0.2) is 0 Å². The van der Waals surface area contributed by atoms with E-state index in [-0.39, 0.29) is 13.0 Å². The fraction of sp³-hybridized carbons (Fsp3) is 0.941. The number of carbonyl (C=O) groups excluding carboxylic acids is 3. The molecule has 1 saturated heterocycles. The Morgan fingerprint density at radius 3 is 1.51 bits per heavy atom. The Morgan fingerprint density at radius 1 is 0.677 bits per heavy atom. The lowest BCUT2D eigenvalue weighted by molar-refractivity contribution is -0.196. The van der Waals surface area contributed by atoms with Crippen LogP contribution in [0, 0.1) is 5.92 Å². The third-order valence-corrected chi connectivity index (χ3v) is 13.7. The van der Waals surface area contributed by atoms with Gasteiger partial charge in [-0.2, -0.15) is 0 Å². The normalized spacial score (nSPS) is 19.8. The van der Waals surface area contributed by atoms with Gasteiger partial charge >= 0.3 is 19.8 Å². The summed E-state index contributed by atoms with van der Waals surface area (Å²) >= 11 is 0. The van der Waals surface area contributed by atoms with Crippen LogP contribution in [0.25, 0.3) is 0 Å². The van der Waals surface area contributed by atoms with E-state index >= 15 is 0 Å². The Morgan fingerprint density at radius 2 is 1.09 bits per heavy atom. The molecule has 1 rings (SSSR count). The summed E-state index contributed by atoms with van der Waals surface area (Å²) in [5.41, 5.74) is 0. The highest BCUT2D eigenvalue weighted by Crippen LogP contribution is 2.42. The van der Waals surface area contributed by atoms with Crippen LogP contribution in [0.2, 0.25) is 0 Å². The average molecular weight is 948 g/mol. The van der Waals surface area contributed by atoms with Gasteiger partial charge in [-0.1, -0.05) is 207 Å². The minimum absolute atomic E-state index is 0.197. The molecule has 4 N–H and O–H groups in total. The highest BCUT2D eigenvalue weighted by atomic mass is 31.2. The van der Waals surface area contributed by atoms with Gasteiger partial charge in [0.25, 0.3) is 0 Å². The summed E-state index contributed by atoms with van der Waals surface area (Å²) in [7, 11) is -1.62. The van der Waals surface area contributed by atoms with Crippen molar-refractivity contribution in [3.8, 4) is 0 Å². The molecule has 14 heteroatoms. The van der Waals surface area contributed by atoms with E-state index in [4.69, 9.17) is 20.2 Å². The van der Waals surface area contributed by atoms with Gasteiger partial charge in [0, 0.05) is 0 Å². The van der Waals surface area contributed by atoms with Crippen LogP contribution in [0.3, 0.4) is 0 Å². The molecule has 13 nitrogen and oxygen atoms in total. The molecule has 0 aliphatic carbocycles. The number of phosphoric acid groups is 1. The first-order chi connectivity index (χ1) is 31.8. The predicted octanol–water partition coefficient (Wildman–Crippen LogP) is 11.7. The lowest BCUT2D eigenvalue weighted by atomic mass is 9.93. The molecule has 0 bridgehead atoms. The Kier molecular flexibility index (Phi) is 36.0. The van der Waals surface area contributed by atoms with Gasteiger partial charge in [-0.15, -0.1) is 0 Å². The zero-order chi connectivity index (χ0) is 48.8. The van der Waals surface area contributed by atoms with E-state index < -0.39 is 74.7 Å². The van der Waals surface area contributed by atoms with E-state index in [9.17, 15) is 28.9 Å². The number of aliphatic hydroxyl groups is 1. The summed E-state index contributed by atoms with van der Waals surface area (Å²) in [5.74, 6) is -2.06. The van der Waals surface area contributed by atoms with E-state index in [1.807, 2.05) is 0 Å². The van der Waals surface area contributed by atoms with Crippen LogP contribution in [-0.2, 0) is 37.7 Å². The summed E-state index contributed by atoms with van der Waals surface area (Å²) in [6.45, 7) is 7.69. The van der Waals surface area contributed by atoms with E-state index in [0.717, 1.165) is 77.0 Å². The number of hydrogen-bond donors (Lipinski definition) is 4. The molecule has 7 atom stereocenters. The van der Waals surface area contributed by atoms with Crippen molar-refractivity contribution in [3.05, 3.63) is 0 Å². The fourth-order valence-electron chi connectivity index (χ4n) is 8.69. The molecule has 65 heavy (non-hydrogen) atoms. The van der Waals surface area contributed by atoms with Crippen LogP contribution in [0.1, 0.15) is 240 Å². The SMILES string of the molecule is [2H]OP(=O)(O)O[C@H]1[C@H](OC(=O)C(CCCCCCCCCCCC)CCCCCCCCCCCC)[C@@H](NC(=O)C[C@H](O)CCCCCCCCCCC)CO[C@@H]1COC(=O)[C@H](C)N(C)C. The number of nitrogens with one attached hydrogen (secondary N) is 1. The van der Waals surface area contributed by atoms with Gasteiger partial charge in [-0.3, -0.25) is 23.8 Å². The second-order valence-electron chi connectivity index (χ2n) is 19.4. The van der Waals surface area contributed by atoms with Crippen molar-refractivity contribution >= 4 is 25.7 Å². The summed E-state index contributed by atoms with van der Waals surface area (Å²) < 4.78 is 43.6. The Balaban J connectivity index is 3.21. The first kappa shape index (κ1) is 59.5. The van der Waals surface area contributed by atoms with E-state index in [2.05, 4.69) is 31.0 Å². The monoisotopic (exact) mass is 948 g/mol. The molecule has 0 spiro atoms. The highest BCUT2D eigenvalue weighted by molar-refractivity contribution is 7.46. The number of likely N-dealkylation sites (N-methyl/N-ethyl adjacent to an activating group) is 1. The first-order valence-electron chi connectivity index (χ1n) is 27.0. The second kappa shape index (κ2) is 39.3. The molecule has 1 aliphatic heterocycles. The van der Waals surface area contributed by atoms with Crippen molar-refractivity contribution in [2.75, 3.05) is 27.3 Å². The summed E-state index contributed by atoms with van der Waals surface area (Å²) in [5, 5.41) is 13.7. The maximum Gasteiger partial charge on any atom is 0.470 e. The number of rotatable bonds is 44. The van der Waals surface area contributed by atoms with Crippen molar-refractivity contribution in [2.45, 2.75) is 276 Å². The summed E-state index contributed by atoms with van der Waals surface area (Å²) in [4.78, 5) is 57.1. The number of esters is 2. The Bertz CT molecular complexity index is 1240. The van der Waals surface area contributed by atoms with Crippen LogP contribution in [-0.4, -0.2) is 103 Å². The number of carbonyl (C=O) groups is 3. The largest absolute Gasteiger partial charge is 0.470 e. The van der Waals surface area contributed by atoms with Gasteiger partial charge in [-0.05, 0) is 40.3 Å². The Hall–Kier alpha value is -1.60. The lowest BCUT2D eigenvalue weighted by Crippen LogP contribution is -2.62. The minimum Gasteiger partial charge on any atom is -0.462 e. The van der Waals surface area contributed by atoms with Crippen molar-refractivity contribution in [1.29, 1.82) is 1.43 Å². The molecule has 0 saturated carbocycles. The maximum atomic E-state index is 14.4. The number of hydrogen-bond acceptors (Lipinski definition) is 11. The number of ether oxygens (including phenoxy) is 3. The third-order valence-electron chi connectivity index (χ3n) is 13.1. The number of aliphatic hydroxyl groups excluding tert-OH is 1. The number of phosphoric ester groups is 1. The van der Waals surface area contributed by atoms with Gasteiger partial charge < -0.3 is 34.4 Å². The number of amides is 1. The average Bonchev–Trinajstić information content (AvgIpc) is 3.29. The van der Waals surface area contributed by atoms with Gasteiger partial charge in [0.2, 0.25) is 7.34 Å². The smallest absolute Gasteiger partial charge is 0.462 e. The number of nitrogens with zero attached hydrogens (tertiary/aromatic N) is 1. The zero-order valence-electron chi connectivity index (χ0n) is 43.3. The standard InChI is InChI=1S/C51H99N2O11P/c1-7-10-13-16-19-22-25-27-30-33-36-43(37-34-31-28-26-23-20-17-14-11-8-2)51(57)63-48-45(52-47(55)39-44(54)38-35-32-29-24-21-18-15-12-9-3)40-61-46(49(48)64-65(58,59)60)41-62-50(56)42(4)53(5)6/h42-46,48-49,54H,7-41H2,1-6H3,(H,52,55)(H2,58,59,60)/t42-,44+,45-,46+,48+,49+/m0/s1/i/hD. The van der Waals surface area contributed by atoms with E-state index in [1.165, 1.54) is 109 Å². The lowest BCUT2D eigenvalue weighted by Gasteiger charge is -2.42. The van der Waals surface area contributed by atoms with Crippen LogP contribution in [0.4, 0.5) is 0 Å². The molecule has 0 radical (unpaired) electrons. The highest BCUT2D eigenvalue weighted by Gasteiger charge is 2.48. The van der Waals surface area contributed by atoms with Crippen molar-refractivity contribution in [3.63, 3.8) is 0 Å². The molecule has 1 aliphatic rings. The minimum atomic E-state index is -5.06. The van der Waals surface area contributed by atoms with Crippen LogP contribution >= 0.6 is 7.82 Å². The molecule has 384 valence electrons. The van der Waals surface area contributed by atoms with Gasteiger partial charge in [0.1, 0.15) is 24.9 Å². The van der Waals surface area contributed by atoms with Crippen molar-refractivity contribution < 1.29 is 52.6 Å². The fourth-order valence-corrected chi connectivity index (χ4v) is 9.25. The molecule has 1 heterocycles. The first-order valence-corrected chi connectivity index (χ1v) is 28.1. The summed E-state index contributed by atoms with van der Waals surface area (Å²) in [6, 6.07) is -1.67. The molecule has 0 aromatic rings. The topological polar surface area (TPSA) is 181 Å². The molecule has 1 amide bonds. The van der Waals surface area contributed by atoms with E-state index in [0.29, 0.717) is 19.3 Å². The van der Waals surface area contributed by atoms with Crippen molar-refractivity contribution in [2.24, 2.45) is 5.92 Å². The zero-order valence-corrected chi connectivity index (χ0v) is 43.1. The van der Waals surface area contributed by atoms with Gasteiger partial charge in [0.15, 0.2) is 6.10 Å². The van der Waals surface area contributed by atoms with Crippen LogP contribution in [0.5, 0.6) is 0 Å². The molecule has 0 aromatic heterocycles. The molecular weight excluding hydrogens is 848 g/mol. The van der Waals surface area contributed by atoms with Gasteiger partial charge in [0.05, 0.1) is 31.1 Å². The second-order valence-corrected chi connectivity index (χ2v) is 20.5. The molecule has 1 unspecified atom stereocenters. The third kappa shape index (κ3) is 32.0. The van der Waals surface area contributed by atoms with Crippen LogP contribution < -0.4 is 5.32 Å². The molecular formula is C51H99N2O11P. The number of unbranched alkanes of at least 4 members (excludes halogenated alkanes) is 26. The maximum absolute atomic E-state index is 14.4. The quantitative estimate of drug-likeness (QED) is 0.0258. The molecule has 1 fully saturated rings. The van der Waals surface area contributed by atoms with Gasteiger partial charge in [-0.25, -0.2) is 4.57 Å². The molecule has 0 aromatic carbocycles. The Labute approximate surface area is 398 Å².